The minimum absolute atomic E-state index is 0.301. The van der Waals surface area contributed by atoms with Gasteiger partial charge in [-0.15, -0.1) is 0 Å². The minimum atomic E-state index is -0.301. The third kappa shape index (κ3) is 4.23. The van der Waals surface area contributed by atoms with E-state index in [4.69, 9.17) is 21.1 Å². The molecule has 114 valence electrons. The van der Waals surface area contributed by atoms with Crippen LogP contribution in [0.1, 0.15) is 5.56 Å². The van der Waals surface area contributed by atoms with Gasteiger partial charge in [-0.05, 0) is 35.9 Å². The second-order valence-electron chi connectivity index (χ2n) is 4.30. The number of pyridine rings is 1. The Balaban J connectivity index is 2.06. The van der Waals surface area contributed by atoms with Crippen molar-refractivity contribution >= 4 is 29.4 Å². The second kappa shape index (κ2) is 7.47. The van der Waals surface area contributed by atoms with Gasteiger partial charge in [-0.25, -0.2) is 4.98 Å². The van der Waals surface area contributed by atoms with Crippen LogP contribution in [0.2, 0.25) is 5.02 Å². The van der Waals surface area contributed by atoms with E-state index in [9.17, 15) is 4.79 Å². The maximum atomic E-state index is 11.8. The lowest BCUT2D eigenvalue weighted by atomic mass is 10.2. The first-order chi connectivity index (χ1) is 10.6. The van der Waals surface area contributed by atoms with Gasteiger partial charge in [0.2, 0.25) is 5.91 Å². The van der Waals surface area contributed by atoms with E-state index in [1.807, 2.05) is 6.07 Å². The molecule has 5 nitrogen and oxygen atoms in total. The summed E-state index contributed by atoms with van der Waals surface area (Å²) in [6.07, 6.45) is 4.60. The third-order valence-corrected chi connectivity index (χ3v) is 3.04. The molecule has 22 heavy (non-hydrogen) atoms. The van der Waals surface area contributed by atoms with Crippen LogP contribution in [0, 0.1) is 0 Å². The second-order valence-corrected chi connectivity index (χ2v) is 4.73. The summed E-state index contributed by atoms with van der Waals surface area (Å²) in [5, 5.41) is 3.14. The highest BCUT2D eigenvalue weighted by atomic mass is 35.5. The lowest BCUT2D eigenvalue weighted by Gasteiger charge is -2.07. The number of carbonyl (C=O) groups excluding carboxylic acids is 1. The van der Waals surface area contributed by atoms with Gasteiger partial charge in [0.1, 0.15) is 5.82 Å². The van der Waals surface area contributed by atoms with Crippen LogP contribution in [0.5, 0.6) is 11.5 Å². The Morgan fingerprint density at radius 1 is 1.18 bits per heavy atom. The van der Waals surface area contributed by atoms with Crippen molar-refractivity contribution in [1.82, 2.24) is 4.98 Å². The van der Waals surface area contributed by atoms with Crippen molar-refractivity contribution < 1.29 is 14.3 Å². The van der Waals surface area contributed by atoms with Gasteiger partial charge in [0.05, 0.1) is 14.2 Å². The SMILES string of the molecule is COc1ccc(/C=C/C(=O)Nc2cc(Cl)ccn2)cc1OC. The molecule has 0 aliphatic heterocycles. The highest BCUT2D eigenvalue weighted by Crippen LogP contribution is 2.27. The summed E-state index contributed by atoms with van der Waals surface area (Å²) in [6, 6.07) is 8.58. The normalized spacial score (nSPS) is 10.5. The highest BCUT2D eigenvalue weighted by molar-refractivity contribution is 6.30. The van der Waals surface area contributed by atoms with Crippen molar-refractivity contribution in [1.29, 1.82) is 0 Å². The van der Waals surface area contributed by atoms with Crippen LogP contribution in [0.3, 0.4) is 0 Å². The summed E-state index contributed by atoms with van der Waals surface area (Å²) in [5.41, 5.74) is 0.812. The zero-order valence-electron chi connectivity index (χ0n) is 12.2. The molecule has 0 saturated heterocycles. The number of nitrogens with zero attached hydrogens (tertiary/aromatic N) is 1. The largest absolute Gasteiger partial charge is 0.493 e. The number of anilines is 1. The average molecular weight is 319 g/mol. The third-order valence-electron chi connectivity index (χ3n) is 2.81. The van der Waals surface area contributed by atoms with Crippen LogP contribution in [0.4, 0.5) is 5.82 Å². The van der Waals surface area contributed by atoms with Crippen molar-refractivity contribution in [2.24, 2.45) is 0 Å². The van der Waals surface area contributed by atoms with Gasteiger partial charge in [-0.2, -0.15) is 0 Å². The Labute approximate surface area is 133 Å². The molecule has 2 aromatic rings. The predicted octanol–water partition coefficient (Wildman–Crippen LogP) is 3.40. The standard InChI is InChI=1S/C16H15ClN2O3/c1-21-13-5-3-11(9-14(13)22-2)4-6-16(20)19-15-10-12(17)7-8-18-15/h3-10H,1-2H3,(H,18,19,20)/b6-4+. The molecule has 0 bridgehead atoms. The molecule has 1 aromatic carbocycles. The smallest absolute Gasteiger partial charge is 0.249 e. The number of aromatic nitrogens is 1. The van der Waals surface area contributed by atoms with E-state index in [0.29, 0.717) is 22.3 Å². The van der Waals surface area contributed by atoms with Gasteiger partial charge in [-0.1, -0.05) is 17.7 Å². The number of hydrogen-bond donors (Lipinski definition) is 1. The van der Waals surface area contributed by atoms with Crippen LogP contribution in [-0.2, 0) is 4.79 Å². The van der Waals surface area contributed by atoms with Gasteiger partial charge in [0.25, 0.3) is 0 Å². The van der Waals surface area contributed by atoms with E-state index in [2.05, 4.69) is 10.3 Å². The topological polar surface area (TPSA) is 60.5 Å². The Morgan fingerprint density at radius 3 is 2.64 bits per heavy atom. The fourth-order valence-corrected chi connectivity index (χ4v) is 1.93. The van der Waals surface area contributed by atoms with Crippen LogP contribution >= 0.6 is 11.6 Å². The lowest BCUT2D eigenvalue weighted by Crippen LogP contribution is -2.08. The molecule has 0 unspecified atom stereocenters. The monoisotopic (exact) mass is 318 g/mol. The number of methoxy groups -OCH3 is 2. The van der Waals surface area contributed by atoms with Crippen molar-refractivity contribution in [3.63, 3.8) is 0 Å². The molecule has 0 aliphatic carbocycles. The van der Waals surface area contributed by atoms with Crippen LogP contribution < -0.4 is 14.8 Å². The fraction of sp³-hybridized carbons (Fsp3) is 0.125. The number of ether oxygens (including phenoxy) is 2. The molecule has 2 rings (SSSR count). The summed E-state index contributed by atoms with van der Waals surface area (Å²) in [6.45, 7) is 0. The Bertz CT molecular complexity index is 702. The quantitative estimate of drug-likeness (QED) is 0.858. The number of halogens is 1. The van der Waals surface area contributed by atoms with Gasteiger partial charge in [-0.3, -0.25) is 4.79 Å². The number of nitrogens with one attached hydrogen (secondary N) is 1. The fourth-order valence-electron chi connectivity index (χ4n) is 1.77. The Kier molecular flexibility index (Phi) is 5.38. The summed E-state index contributed by atoms with van der Waals surface area (Å²) in [4.78, 5) is 15.8. The van der Waals surface area contributed by atoms with Crippen LogP contribution in [-0.4, -0.2) is 25.1 Å². The maximum Gasteiger partial charge on any atom is 0.249 e. The van der Waals surface area contributed by atoms with E-state index >= 15 is 0 Å². The number of carbonyl (C=O) groups is 1. The van der Waals surface area contributed by atoms with Gasteiger partial charge >= 0.3 is 0 Å². The molecular formula is C16H15ClN2O3. The molecule has 6 heteroatoms. The number of amides is 1. The molecule has 1 aromatic heterocycles. The summed E-state index contributed by atoms with van der Waals surface area (Å²) < 4.78 is 10.4. The number of hydrogen-bond acceptors (Lipinski definition) is 4. The first-order valence-electron chi connectivity index (χ1n) is 6.45. The van der Waals surface area contributed by atoms with E-state index in [1.165, 1.54) is 12.3 Å². The predicted molar refractivity (Wildman–Crippen MR) is 86.5 cm³/mol. The van der Waals surface area contributed by atoms with Crippen LogP contribution in [0.15, 0.2) is 42.6 Å². The molecule has 0 fully saturated rings. The molecule has 0 saturated carbocycles. The first-order valence-corrected chi connectivity index (χ1v) is 6.83. The Morgan fingerprint density at radius 2 is 1.95 bits per heavy atom. The molecule has 0 aliphatic rings. The van der Waals surface area contributed by atoms with Crippen molar-refractivity contribution in [3.8, 4) is 11.5 Å². The molecule has 0 radical (unpaired) electrons. The summed E-state index contributed by atoms with van der Waals surface area (Å²) in [5.74, 6) is 1.33. The molecule has 1 heterocycles. The van der Waals surface area contributed by atoms with E-state index in [1.54, 1.807) is 44.6 Å². The first kappa shape index (κ1) is 15.9. The zero-order chi connectivity index (χ0) is 15.9. The van der Waals surface area contributed by atoms with Crippen molar-refractivity contribution in [2.45, 2.75) is 0 Å². The molecule has 1 N–H and O–H groups in total. The van der Waals surface area contributed by atoms with Crippen LogP contribution in [0.25, 0.3) is 6.08 Å². The highest BCUT2D eigenvalue weighted by Gasteiger charge is 2.04. The molecule has 1 amide bonds. The van der Waals surface area contributed by atoms with E-state index in [0.717, 1.165) is 5.56 Å². The Hall–Kier alpha value is -2.53. The van der Waals surface area contributed by atoms with Gasteiger partial charge in [0, 0.05) is 17.3 Å². The van der Waals surface area contributed by atoms with Gasteiger partial charge < -0.3 is 14.8 Å². The summed E-state index contributed by atoms with van der Waals surface area (Å²) in [7, 11) is 3.13. The molecule has 0 spiro atoms. The minimum Gasteiger partial charge on any atom is -0.493 e. The average Bonchev–Trinajstić information content (AvgIpc) is 2.52. The zero-order valence-corrected chi connectivity index (χ0v) is 12.9. The molecule has 0 atom stereocenters. The number of rotatable bonds is 5. The summed E-state index contributed by atoms with van der Waals surface area (Å²) >= 11 is 5.83. The van der Waals surface area contributed by atoms with E-state index in [-0.39, 0.29) is 5.91 Å². The maximum absolute atomic E-state index is 11.8. The number of benzene rings is 1. The lowest BCUT2D eigenvalue weighted by molar-refractivity contribution is -0.111. The van der Waals surface area contributed by atoms with E-state index < -0.39 is 0 Å². The van der Waals surface area contributed by atoms with Gasteiger partial charge in [0.15, 0.2) is 11.5 Å². The molecular weight excluding hydrogens is 304 g/mol. The van der Waals surface area contributed by atoms with Crippen molar-refractivity contribution in [3.05, 3.63) is 53.2 Å². The van der Waals surface area contributed by atoms with Crippen molar-refractivity contribution in [2.75, 3.05) is 19.5 Å².